The van der Waals surface area contributed by atoms with Crippen LogP contribution in [-0.4, -0.2) is 39.8 Å². The first-order chi connectivity index (χ1) is 19.1. The Morgan fingerprint density at radius 1 is 1.10 bits per heavy atom. The van der Waals surface area contributed by atoms with E-state index < -0.39 is 17.8 Å². The van der Waals surface area contributed by atoms with Crippen molar-refractivity contribution in [2.75, 3.05) is 29.5 Å². The first-order valence-corrected chi connectivity index (χ1v) is 12.6. The van der Waals surface area contributed by atoms with E-state index in [-0.39, 0.29) is 39.2 Å². The fraction of sp³-hybridized carbons (Fsp3) is 0.231. The topological polar surface area (TPSA) is 136 Å². The van der Waals surface area contributed by atoms with Crippen LogP contribution in [0.15, 0.2) is 59.8 Å². The zero-order valence-electron chi connectivity index (χ0n) is 20.8. The lowest BCUT2D eigenvalue weighted by molar-refractivity contribution is -0.137. The molecule has 1 saturated heterocycles. The third-order valence-electron chi connectivity index (χ3n) is 6.30. The van der Waals surface area contributed by atoms with Gasteiger partial charge in [-0.1, -0.05) is 11.6 Å². The summed E-state index contributed by atoms with van der Waals surface area (Å²) in [6.07, 6.45) is -0.889. The zero-order valence-corrected chi connectivity index (χ0v) is 21.5. The van der Waals surface area contributed by atoms with Gasteiger partial charge in [0.1, 0.15) is 23.6 Å². The van der Waals surface area contributed by atoms with Gasteiger partial charge in [0.25, 0.3) is 0 Å². The second-order valence-electron chi connectivity index (χ2n) is 9.03. The molecule has 0 saturated carbocycles. The van der Waals surface area contributed by atoms with Gasteiger partial charge in [-0.2, -0.15) is 13.2 Å². The first-order valence-electron chi connectivity index (χ1n) is 12.2. The number of alkyl halides is 3. The number of carbonyl (C=O) groups is 1. The number of rotatable bonds is 5. The molecular formula is C26H23ClF3N7O3. The minimum atomic E-state index is -4.68. The van der Waals surface area contributed by atoms with Gasteiger partial charge >= 0.3 is 12.2 Å². The van der Waals surface area contributed by atoms with Gasteiger partial charge in [0.2, 0.25) is 0 Å². The van der Waals surface area contributed by atoms with E-state index in [0.29, 0.717) is 43.0 Å². The van der Waals surface area contributed by atoms with Gasteiger partial charge in [-0.05, 0) is 62.3 Å². The average Bonchev–Trinajstić information content (AvgIpc) is 2.91. The van der Waals surface area contributed by atoms with Gasteiger partial charge in [-0.15, -0.1) is 0 Å². The number of benzene rings is 2. The molecule has 0 aliphatic carbocycles. The number of pyridine rings is 1. The van der Waals surface area contributed by atoms with Crippen molar-refractivity contribution in [1.29, 1.82) is 0 Å². The van der Waals surface area contributed by atoms with Gasteiger partial charge in [0.05, 0.1) is 16.3 Å². The summed E-state index contributed by atoms with van der Waals surface area (Å²) < 4.78 is 48.0. The zero-order chi connectivity index (χ0) is 28.4. The number of carbonyl (C=O) groups excluding carboxylic acids is 1. The lowest BCUT2D eigenvalue weighted by Crippen LogP contribution is -2.34. The molecule has 0 radical (unpaired) electrons. The van der Waals surface area contributed by atoms with Crippen LogP contribution < -0.4 is 31.8 Å². The Labute approximate surface area is 230 Å². The number of nitrogens with one attached hydrogen (secondary N) is 3. The molecule has 14 heteroatoms. The minimum absolute atomic E-state index is 0.0292. The number of aromatic nitrogens is 3. The second-order valence-corrected chi connectivity index (χ2v) is 9.44. The summed E-state index contributed by atoms with van der Waals surface area (Å²) in [7, 11) is 0. The molecule has 4 aromatic rings. The molecule has 0 unspecified atom stereocenters. The number of hydrogen-bond acceptors (Lipinski definition) is 7. The summed E-state index contributed by atoms with van der Waals surface area (Å²) in [4.78, 5) is 33.1. The Morgan fingerprint density at radius 2 is 1.82 bits per heavy atom. The van der Waals surface area contributed by atoms with Crippen molar-refractivity contribution in [3.63, 3.8) is 0 Å². The van der Waals surface area contributed by atoms with Crippen molar-refractivity contribution < 1.29 is 22.7 Å². The van der Waals surface area contributed by atoms with Gasteiger partial charge in [-0.25, -0.2) is 14.8 Å². The number of halogens is 4. The number of fused-ring (bicyclic) bond motifs is 1. The SMILES string of the molecule is Nc1ncnc2c1c(=O)ccn2-c1ccc(NC(=O)Nc2cc(C(F)(F)F)cc(Cl)c2OC2CCNCC2)cc1. The highest BCUT2D eigenvalue weighted by Crippen LogP contribution is 2.41. The number of anilines is 3. The molecular weight excluding hydrogens is 551 g/mol. The average molecular weight is 574 g/mol. The normalized spacial score (nSPS) is 14.2. The van der Waals surface area contributed by atoms with Crippen LogP contribution >= 0.6 is 11.6 Å². The summed E-state index contributed by atoms with van der Waals surface area (Å²) in [5.74, 6) is 0.0240. The summed E-state index contributed by atoms with van der Waals surface area (Å²) in [6, 6.07) is 8.58. The van der Waals surface area contributed by atoms with Gasteiger partial charge < -0.3 is 31.0 Å². The molecule has 10 nitrogen and oxygen atoms in total. The number of hydrogen-bond donors (Lipinski definition) is 4. The molecule has 0 atom stereocenters. The molecule has 1 fully saturated rings. The van der Waals surface area contributed by atoms with Crippen molar-refractivity contribution in [2.45, 2.75) is 25.1 Å². The molecule has 1 aliphatic rings. The third-order valence-corrected chi connectivity index (χ3v) is 6.58. The first kappa shape index (κ1) is 27.2. The molecule has 3 heterocycles. The lowest BCUT2D eigenvalue weighted by atomic mass is 10.1. The minimum Gasteiger partial charge on any atom is -0.487 e. The van der Waals surface area contributed by atoms with Crippen LogP contribution in [0.1, 0.15) is 18.4 Å². The van der Waals surface area contributed by atoms with Gasteiger partial charge in [-0.3, -0.25) is 4.79 Å². The predicted octanol–water partition coefficient (Wildman–Crippen LogP) is 4.81. The van der Waals surface area contributed by atoms with Crippen LogP contribution in [0.3, 0.4) is 0 Å². The van der Waals surface area contributed by atoms with E-state index in [2.05, 4.69) is 25.9 Å². The largest absolute Gasteiger partial charge is 0.487 e. The molecule has 40 heavy (non-hydrogen) atoms. The number of amides is 2. The third kappa shape index (κ3) is 5.80. The van der Waals surface area contributed by atoms with E-state index >= 15 is 0 Å². The van der Waals surface area contributed by atoms with E-state index in [1.54, 1.807) is 28.8 Å². The van der Waals surface area contributed by atoms with Crippen molar-refractivity contribution in [2.24, 2.45) is 0 Å². The smallest absolute Gasteiger partial charge is 0.416 e. The van der Waals surface area contributed by atoms with Gasteiger partial charge in [0.15, 0.2) is 16.8 Å². The molecule has 208 valence electrons. The van der Waals surface area contributed by atoms with E-state index in [4.69, 9.17) is 22.1 Å². The van der Waals surface area contributed by atoms with Gasteiger partial charge in [0, 0.05) is 23.6 Å². The Kier molecular flexibility index (Phi) is 7.50. The summed E-state index contributed by atoms with van der Waals surface area (Å²) in [5.41, 5.74) is 5.56. The number of nitrogens with two attached hydrogens (primary N) is 1. The van der Waals surface area contributed by atoms with Crippen LogP contribution in [0.4, 0.5) is 35.2 Å². The van der Waals surface area contributed by atoms with E-state index in [9.17, 15) is 22.8 Å². The highest BCUT2D eigenvalue weighted by atomic mass is 35.5. The summed E-state index contributed by atoms with van der Waals surface area (Å²) in [5, 5.41) is 8.12. The molecule has 2 amide bonds. The number of nitrogens with zero attached hydrogens (tertiary/aromatic N) is 3. The van der Waals surface area contributed by atoms with Crippen molar-refractivity contribution in [3.05, 3.63) is 75.8 Å². The Balaban J connectivity index is 1.37. The lowest BCUT2D eigenvalue weighted by Gasteiger charge is -2.26. The van der Waals surface area contributed by atoms with E-state index in [1.165, 1.54) is 18.6 Å². The predicted molar refractivity (Wildman–Crippen MR) is 145 cm³/mol. The number of ether oxygens (including phenoxy) is 1. The Hall–Kier alpha value is -4.36. The van der Waals surface area contributed by atoms with Crippen LogP contribution in [0.5, 0.6) is 5.75 Å². The molecule has 0 bridgehead atoms. The van der Waals surface area contributed by atoms with Crippen LogP contribution in [0.25, 0.3) is 16.7 Å². The maximum atomic E-state index is 13.5. The molecule has 5 rings (SSSR count). The van der Waals surface area contributed by atoms with E-state index in [0.717, 1.165) is 12.1 Å². The van der Waals surface area contributed by atoms with Crippen LogP contribution in [0, 0.1) is 0 Å². The maximum Gasteiger partial charge on any atom is 0.416 e. The molecule has 0 spiro atoms. The van der Waals surface area contributed by atoms with Crippen molar-refractivity contribution in [3.8, 4) is 11.4 Å². The number of nitrogen functional groups attached to an aromatic ring is 1. The number of urea groups is 1. The maximum absolute atomic E-state index is 13.5. The number of piperidine rings is 1. The Morgan fingerprint density at radius 3 is 2.52 bits per heavy atom. The summed E-state index contributed by atoms with van der Waals surface area (Å²) in [6.45, 7) is 1.38. The summed E-state index contributed by atoms with van der Waals surface area (Å²) >= 11 is 6.19. The van der Waals surface area contributed by atoms with Crippen LogP contribution in [-0.2, 0) is 6.18 Å². The van der Waals surface area contributed by atoms with Crippen LogP contribution in [0.2, 0.25) is 5.02 Å². The van der Waals surface area contributed by atoms with E-state index in [1.807, 2.05) is 0 Å². The molecule has 2 aromatic carbocycles. The molecule has 2 aromatic heterocycles. The Bertz CT molecular complexity index is 1620. The fourth-order valence-electron chi connectivity index (χ4n) is 4.35. The monoisotopic (exact) mass is 573 g/mol. The highest BCUT2D eigenvalue weighted by molar-refractivity contribution is 6.32. The molecule has 5 N–H and O–H groups in total. The fourth-order valence-corrected chi connectivity index (χ4v) is 4.62. The highest BCUT2D eigenvalue weighted by Gasteiger charge is 2.33. The quantitative estimate of drug-likeness (QED) is 0.269. The van der Waals surface area contributed by atoms with Crippen molar-refractivity contribution >= 4 is 45.9 Å². The second kappa shape index (κ2) is 11.0. The molecule has 1 aliphatic heterocycles. The standard InChI is InChI=1S/C26H23ClF3N7O3/c27-18-11-14(26(28,29)30)12-19(22(18)40-17-5-8-32-9-6-17)36-25(39)35-15-1-3-16(4-2-15)37-10-7-20(38)21-23(31)33-13-34-24(21)37/h1-4,7,10-13,17,32H,5-6,8-9H2,(H2,31,33,34)(H2,35,36,39). The van der Waals surface area contributed by atoms with Crippen molar-refractivity contribution in [1.82, 2.24) is 19.9 Å².